The van der Waals surface area contributed by atoms with Crippen LogP contribution in [0.4, 0.5) is 0 Å². The van der Waals surface area contributed by atoms with Crippen LogP contribution in [0.1, 0.15) is 39.0 Å². The fourth-order valence-corrected chi connectivity index (χ4v) is 3.11. The van der Waals surface area contributed by atoms with Crippen LogP contribution in [0.2, 0.25) is 0 Å². The van der Waals surface area contributed by atoms with Crippen molar-refractivity contribution < 1.29 is 0 Å². The van der Waals surface area contributed by atoms with Crippen molar-refractivity contribution in [2.75, 3.05) is 53.9 Å². The van der Waals surface area contributed by atoms with Gasteiger partial charge in [-0.2, -0.15) is 0 Å². The average molecular weight is 255 g/mol. The second-order valence-corrected chi connectivity index (χ2v) is 6.38. The van der Waals surface area contributed by atoms with Crippen LogP contribution in [0.3, 0.4) is 0 Å². The molecule has 1 aliphatic rings. The molecule has 0 atom stereocenters. The molecule has 3 nitrogen and oxygen atoms in total. The van der Waals surface area contributed by atoms with E-state index >= 15 is 0 Å². The molecule has 1 N–H and O–H groups in total. The number of hydrogen-bond acceptors (Lipinski definition) is 3. The number of hydrogen-bond donors (Lipinski definition) is 1. The van der Waals surface area contributed by atoms with E-state index in [2.05, 4.69) is 43.2 Å². The van der Waals surface area contributed by atoms with E-state index < -0.39 is 0 Å². The zero-order chi connectivity index (χ0) is 13.4. The topological polar surface area (TPSA) is 18.5 Å². The van der Waals surface area contributed by atoms with Crippen molar-refractivity contribution in [2.45, 2.75) is 39.0 Å². The molecule has 3 heteroatoms. The van der Waals surface area contributed by atoms with Gasteiger partial charge in [-0.15, -0.1) is 0 Å². The predicted octanol–water partition coefficient (Wildman–Crippen LogP) is 2.04. The summed E-state index contributed by atoms with van der Waals surface area (Å²) in [4.78, 5) is 4.80. The van der Waals surface area contributed by atoms with Crippen molar-refractivity contribution >= 4 is 0 Å². The summed E-state index contributed by atoms with van der Waals surface area (Å²) < 4.78 is 0. The van der Waals surface area contributed by atoms with Gasteiger partial charge < -0.3 is 15.1 Å². The molecule has 0 radical (unpaired) electrons. The molecule has 1 aliphatic carbocycles. The highest BCUT2D eigenvalue weighted by molar-refractivity contribution is 4.87. The van der Waals surface area contributed by atoms with Crippen LogP contribution < -0.4 is 5.32 Å². The quantitative estimate of drug-likeness (QED) is 0.716. The molecular formula is C15H33N3. The molecule has 108 valence electrons. The molecular weight excluding hydrogens is 222 g/mol. The smallest absolute Gasteiger partial charge is 0.0106 e. The van der Waals surface area contributed by atoms with Crippen molar-refractivity contribution in [3.05, 3.63) is 0 Å². The molecule has 0 aliphatic heterocycles. The highest BCUT2D eigenvalue weighted by Gasteiger charge is 2.32. The summed E-state index contributed by atoms with van der Waals surface area (Å²) in [6.45, 7) is 8.12. The number of nitrogens with one attached hydrogen (secondary N) is 1. The lowest BCUT2D eigenvalue weighted by atomic mass is 9.73. The number of nitrogens with zero attached hydrogens (tertiary/aromatic N) is 2. The minimum Gasteiger partial charge on any atom is -0.316 e. The zero-order valence-corrected chi connectivity index (χ0v) is 13.0. The van der Waals surface area contributed by atoms with Gasteiger partial charge in [-0.3, -0.25) is 0 Å². The molecule has 1 rings (SSSR count). The molecule has 0 saturated heterocycles. The minimum absolute atomic E-state index is 0.537. The van der Waals surface area contributed by atoms with Crippen LogP contribution in [0.15, 0.2) is 0 Å². The average Bonchev–Trinajstić information content (AvgIpc) is 2.35. The first-order valence-electron chi connectivity index (χ1n) is 7.62. The van der Waals surface area contributed by atoms with Crippen molar-refractivity contribution in [3.8, 4) is 0 Å². The summed E-state index contributed by atoms with van der Waals surface area (Å²) >= 11 is 0. The second kappa shape index (κ2) is 8.13. The second-order valence-electron chi connectivity index (χ2n) is 6.38. The fraction of sp³-hybridized carbons (Fsp3) is 1.00. The predicted molar refractivity (Wildman–Crippen MR) is 80.1 cm³/mol. The lowest BCUT2D eigenvalue weighted by Crippen LogP contribution is -2.45. The summed E-state index contributed by atoms with van der Waals surface area (Å²) in [6, 6.07) is 0. The zero-order valence-electron chi connectivity index (χ0n) is 13.0. The van der Waals surface area contributed by atoms with E-state index in [1.807, 2.05) is 0 Å². The molecule has 0 unspecified atom stereocenters. The molecule has 0 heterocycles. The molecule has 1 fully saturated rings. The Labute approximate surface area is 114 Å². The first-order valence-corrected chi connectivity index (χ1v) is 7.62. The van der Waals surface area contributed by atoms with E-state index in [1.165, 1.54) is 51.7 Å². The van der Waals surface area contributed by atoms with Crippen LogP contribution in [-0.2, 0) is 0 Å². The van der Waals surface area contributed by atoms with E-state index in [9.17, 15) is 0 Å². The Morgan fingerprint density at radius 3 is 2.22 bits per heavy atom. The third kappa shape index (κ3) is 5.68. The van der Waals surface area contributed by atoms with Gasteiger partial charge in [-0.25, -0.2) is 0 Å². The van der Waals surface area contributed by atoms with Gasteiger partial charge >= 0.3 is 0 Å². The van der Waals surface area contributed by atoms with E-state index in [1.54, 1.807) is 0 Å². The Kier molecular flexibility index (Phi) is 7.20. The summed E-state index contributed by atoms with van der Waals surface area (Å²) in [7, 11) is 6.59. The minimum atomic E-state index is 0.537. The normalized spacial score (nSPS) is 19.7. The molecule has 0 spiro atoms. The van der Waals surface area contributed by atoms with Crippen LogP contribution in [0, 0.1) is 5.41 Å². The summed E-state index contributed by atoms with van der Waals surface area (Å²) in [6.07, 6.45) is 7.10. The van der Waals surface area contributed by atoms with Gasteiger partial charge in [0.05, 0.1) is 0 Å². The number of likely N-dealkylation sites (N-methyl/N-ethyl adjacent to an activating group) is 2. The standard InChI is InChI=1S/C15H33N3/c1-5-16-13-15(9-7-6-8-10-15)14-18(4)12-11-17(2)3/h16H,5-14H2,1-4H3. The first kappa shape index (κ1) is 15.9. The third-order valence-corrected chi connectivity index (χ3v) is 4.20. The van der Waals surface area contributed by atoms with Gasteiger partial charge in [0.15, 0.2) is 0 Å². The maximum absolute atomic E-state index is 3.59. The highest BCUT2D eigenvalue weighted by atomic mass is 15.2. The highest BCUT2D eigenvalue weighted by Crippen LogP contribution is 2.36. The van der Waals surface area contributed by atoms with Gasteiger partial charge in [0.25, 0.3) is 0 Å². The van der Waals surface area contributed by atoms with Crippen LogP contribution in [0.25, 0.3) is 0 Å². The Bertz CT molecular complexity index is 210. The monoisotopic (exact) mass is 255 g/mol. The van der Waals surface area contributed by atoms with Crippen LogP contribution in [0.5, 0.6) is 0 Å². The summed E-state index contributed by atoms with van der Waals surface area (Å²) in [5.41, 5.74) is 0.537. The van der Waals surface area contributed by atoms with E-state index in [0.29, 0.717) is 5.41 Å². The lowest BCUT2D eigenvalue weighted by molar-refractivity contribution is 0.114. The molecule has 0 bridgehead atoms. The van der Waals surface area contributed by atoms with Crippen molar-refractivity contribution in [1.82, 2.24) is 15.1 Å². The Morgan fingerprint density at radius 1 is 1.00 bits per heavy atom. The molecule has 0 aromatic carbocycles. The number of rotatable bonds is 8. The molecule has 0 aromatic rings. The van der Waals surface area contributed by atoms with Gasteiger partial charge in [-0.1, -0.05) is 26.2 Å². The maximum atomic E-state index is 3.59. The largest absolute Gasteiger partial charge is 0.316 e. The summed E-state index contributed by atoms with van der Waals surface area (Å²) in [5.74, 6) is 0. The summed E-state index contributed by atoms with van der Waals surface area (Å²) in [5, 5.41) is 3.59. The van der Waals surface area contributed by atoms with Crippen LogP contribution >= 0.6 is 0 Å². The van der Waals surface area contributed by atoms with Crippen LogP contribution in [-0.4, -0.2) is 63.7 Å². The van der Waals surface area contributed by atoms with Gasteiger partial charge in [0.1, 0.15) is 0 Å². The maximum Gasteiger partial charge on any atom is 0.0106 e. The van der Waals surface area contributed by atoms with Crippen molar-refractivity contribution in [2.24, 2.45) is 5.41 Å². The fourth-order valence-electron chi connectivity index (χ4n) is 3.11. The molecule has 1 saturated carbocycles. The molecule has 18 heavy (non-hydrogen) atoms. The SMILES string of the molecule is CCNCC1(CN(C)CCN(C)C)CCCCC1. The Balaban J connectivity index is 2.44. The van der Waals surface area contributed by atoms with Crippen molar-refractivity contribution in [1.29, 1.82) is 0 Å². The van der Waals surface area contributed by atoms with Gasteiger partial charge in [0.2, 0.25) is 0 Å². The third-order valence-electron chi connectivity index (χ3n) is 4.20. The van der Waals surface area contributed by atoms with Gasteiger partial charge in [0, 0.05) is 26.2 Å². The van der Waals surface area contributed by atoms with E-state index in [-0.39, 0.29) is 0 Å². The Hall–Kier alpha value is -0.120. The Morgan fingerprint density at radius 2 is 1.67 bits per heavy atom. The van der Waals surface area contributed by atoms with Crippen molar-refractivity contribution in [3.63, 3.8) is 0 Å². The molecule has 0 aromatic heterocycles. The van der Waals surface area contributed by atoms with Gasteiger partial charge in [-0.05, 0) is 45.9 Å². The molecule has 0 amide bonds. The first-order chi connectivity index (χ1) is 8.58. The van der Waals surface area contributed by atoms with E-state index in [4.69, 9.17) is 0 Å². The van der Waals surface area contributed by atoms with E-state index in [0.717, 1.165) is 13.1 Å². The lowest BCUT2D eigenvalue weighted by Gasteiger charge is -2.40.